The highest BCUT2D eigenvalue weighted by Crippen LogP contribution is 2.25. The lowest BCUT2D eigenvalue weighted by Gasteiger charge is -2.16. The largest absolute Gasteiger partial charge is 0.477 e. The Kier molecular flexibility index (Phi) is 4.12. The molecule has 1 heterocycles. The minimum absolute atomic E-state index is 0.0129. The number of Topliss-reactive ketones (excluding diaryl/α,β-unsaturated/α-hetero) is 1. The van der Waals surface area contributed by atoms with Crippen molar-refractivity contribution < 1.29 is 19.1 Å². The van der Waals surface area contributed by atoms with Crippen LogP contribution in [0.15, 0.2) is 17.1 Å². The Morgan fingerprint density at radius 3 is 2.41 bits per heavy atom. The van der Waals surface area contributed by atoms with E-state index in [1.165, 1.54) is 13.1 Å². The molecule has 0 amide bonds. The van der Waals surface area contributed by atoms with Crippen molar-refractivity contribution in [3.63, 3.8) is 0 Å². The molecule has 0 radical (unpaired) electrons. The molecule has 0 aliphatic heterocycles. The molecule has 0 aliphatic carbocycles. The Morgan fingerprint density at radius 2 is 1.95 bits per heavy atom. The molecular formula is C16H16FNO4. The van der Waals surface area contributed by atoms with Gasteiger partial charge in [-0.05, 0) is 31.9 Å². The average molecular weight is 305 g/mol. The molecule has 0 unspecified atom stereocenters. The summed E-state index contributed by atoms with van der Waals surface area (Å²) in [6.45, 7) is 5.21. The smallest absolute Gasteiger partial charge is 0.341 e. The van der Waals surface area contributed by atoms with E-state index in [9.17, 15) is 18.8 Å². The number of aromatic nitrogens is 1. The number of carbonyl (C=O) groups is 2. The van der Waals surface area contributed by atoms with Crippen molar-refractivity contribution in [1.82, 2.24) is 4.57 Å². The number of hydrogen-bond acceptors (Lipinski definition) is 3. The van der Waals surface area contributed by atoms with Crippen LogP contribution in [0.25, 0.3) is 10.9 Å². The van der Waals surface area contributed by atoms with E-state index in [1.54, 1.807) is 18.4 Å². The van der Waals surface area contributed by atoms with Crippen molar-refractivity contribution >= 4 is 22.7 Å². The SMILES string of the molecule is CCc1c(C(C)=O)c(F)cc2c(=O)c(C(=O)O)cn(CC)c12. The summed E-state index contributed by atoms with van der Waals surface area (Å²) >= 11 is 0. The van der Waals surface area contributed by atoms with Gasteiger partial charge in [-0.2, -0.15) is 0 Å². The van der Waals surface area contributed by atoms with E-state index < -0.39 is 28.6 Å². The normalized spacial score (nSPS) is 10.9. The first-order valence-corrected chi connectivity index (χ1v) is 6.96. The van der Waals surface area contributed by atoms with Gasteiger partial charge < -0.3 is 9.67 Å². The van der Waals surface area contributed by atoms with Gasteiger partial charge in [0.05, 0.1) is 11.1 Å². The first kappa shape index (κ1) is 15.9. The quantitative estimate of drug-likeness (QED) is 0.881. The molecule has 0 aliphatic rings. The first-order valence-electron chi connectivity index (χ1n) is 6.96. The van der Waals surface area contributed by atoms with E-state index in [0.29, 0.717) is 24.0 Å². The van der Waals surface area contributed by atoms with Crippen LogP contribution in [-0.2, 0) is 13.0 Å². The zero-order valence-corrected chi connectivity index (χ0v) is 12.6. The standard InChI is InChI=1S/C16H16FNO4/c1-4-9-13(8(3)19)12(17)6-10-14(9)18(5-2)7-11(15(10)20)16(21)22/h6-7H,4-5H2,1-3H3,(H,21,22). The molecule has 1 aromatic heterocycles. The molecule has 2 aromatic rings. The fourth-order valence-electron chi connectivity index (χ4n) is 2.74. The maximum Gasteiger partial charge on any atom is 0.341 e. The van der Waals surface area contributed by atoms with E-state index in [2.05, 4.69) is 0 Å². The second-order valence-electron chi connectivity index (χ2n) is 4.98. The second-order valence-corrected chi connectivity index (χ2v) is 4.98. The zero-order valence-electron chi connectivity index (χ0n) is 12.6. The van der Waals surface area contributed by atoms with E-state index >= 15 is 0 Å². The van der Waals surface area contributed by atoms with Crippen LogP contribution in [0, 0.1) is 5.82 Å². The minimum Gasteiger partial charge on any atom is -0.477 e. The monoisotopic (exact) mass is 305 g/mol. The average Bonchev–Trinajstić information content (AvgIpc) is 2.46. The third-order valence-corrected chi connectivity index (χ3v) is 3.69. The summed E-state index contributed by atoms with van der Waals surface area (Å²) in [5.41, 5.74) is -0.341. The number of hydrogen-bond donors (Lipinski definition) is 1. The summed E-state index contributed by atoms with van der Waals surface area (Å²) < 4.78 is 15.8. The Hall–Kier alpha value is -2.50. The highest BCUT2D eigenvalue weighted by molar-refractivity contribution is 6.02. The summed E-state index contributed by atoms with van der Waals surface area (Å²) in [4.78, 5) is 35.2. The first-order chi connectivity index (χ1) is 10.3. The van der Waals surface area contributed by atoms with E-state index in [1.807, 2.05) is 0 Å². The number of benzene rings is 1. The van der Waals surface area contributed by atoms with Gasteiger partial charge in [-0.3, -0.25) is 9.59 Å². The summed E-state index contributed by atoms with van der Waals surface area (Å²) in [7, 11) is 0. The molecule has 116 valence electrons. The Labute approximate surface area is 126 Å². The number of pyridine rings is 1. The number of ketones is 1. The highest BCUT2D eigenvalue weighted by Gasteiger charge is 2.22. The van der Waals surface area contributed by atoms with Crippen molar-refractivity contribution in [1.29, 1.82) is 0 Å². The molecular weight excluding hydrogens is 289 g/mol. The minimum atomic E-state index is -1.36. The Bertz CT molecular complexity index is 852. The summed E-state index contributed by atoms with van der Waals surface area (Å²) in [5, 5.41) is 9.11. The van der Waals surface area contributed by atoms with E-state index in [0.717, 1.165) is 6.07 Å². The molecule has 0 atom stereocenters. The van der Waals surface area contributed by atoms with Crippen molar-refractivity contribution in [2.75, 3.05) is 0 Å². The van der Waals surface area contributed by atoms with Crippen LogP contribution in [0.1, 0.15) is 47.1 Å². The van der Waals surface area contributed by atoms with Crippen molar-refractivity contribution in [2.45, 2.75) is 33.7 Å². The predicted octanol–water partition coefficient (Wildman–Crippen LogP) is 2.62. The summed E-state index contributed by atoms with van der Waals surface area (Å²) in [6, 6.07) is 0.964. The van der Waals surface area contributed by atoms with Crippen molar-refractivity contribution in [3.05, 3.63) is 45.0 Å². The van der Waals surface area contributed by atoms with Crippen molar-refractivity contribution in [3.8, 4) is 0 Å². The number of carboxylic acids is 1. The fourth-order valence-corrected chi connectivity index (χ4v) is 2.74. The molecule has 5 nitrogen and oxygen atoms in total. The van der Waals surface area contributed by atoms with Gasteiger partial charge in [0.15, 0.2) is 5.78 Å². The number of carboxylic acid groups (broad SMARTS) is 1. The number of halogens is 1. The fraction of sp³-hybridized carbons (Fsp3) is 0.312. The summed E-state index contributed by atoms with van der Waals surface area (Å²) in [5.74, 6) is -2.57. The molecule has 0 saturated carbocycles. The van der Waals surface area contributed by atoms with Crippen molar-refractivity contribution in [2.24, 2.45) is 0 Å². The molecule has 0 bridgehead atoms. The van der Waals surface area contributed by atoms with E-state index in [-0.39, 0.29) is 10.9 Å². The Morgan fingerprint density at radius 1 is 1.32 bits per heavy atom. The maximum absolute atomic E-state index is 14.2. The molecule has 6 heteroatoms. The third kappa shape index (κ3) is 2.30. The van der Waals surface area contributed by atoms with Gasteiger partial charge >= 0.3 is 5.97 Å². The van der Waals surface area contributed by atoms with Gasteiger partial charge in [-0.1, -0.05) is 6.92 Å². The van der Waals surface area contributed by atoms with Crippen LogP contribution in [0.3, 0.4) is 0 Å². The number of rotatable bonds is 4. The van der Waals surface area contributed by atoms with Crippen LogP contribution >= 0.6 is 0 Å². The van der Waals surface area contributed by atoms with E-state index in [4.69, 9.17) is 5.11 Å². The maximum atomic E-state index is 14.2. The summed E-state index contributed by atoms with van der Waals surface area (Å²) in [6.07, 6.45) is 1.60. The van der Waals surface area contributed by atoms with Gasteiger partial charge in [-0.25, -0.2) is 9.18 Å². The van der Waals surface area contributed by atoms with Crippen LogP contribution in [0.2, 0.25) is 0 Å². The van der Waals surface area contributed by atoms with Crippen LogP contribution in [0.5, 0.6) is 0 Å². The lowest BCUT2D eigenvalue weighted by molar-refractivity contribution is 0.0694. The highest BCUT2D eigenvalue weighted by atomic mass is 19.1. The molecule has 0 spiro atoms. The van der Waals surface area contributed by atoms with Gasteiger partial charge in [0.2, 0.25) is 5.43 Å². The second kappa shape index (κ2) is 5.71. The topological polar surface area (TPSA) is 76.4 Å². The molecule has 0 saturated heterocycles. The third-order valence-electron chi connectivity index (χ3n) is 3.69. The lowest BCUT2D eigenvalue weighted by atomic mass is 9.96. The van der Waals surface area contributed by atoms with Crippen LogP contribution in [0.4, 0.5) is 4.39 Å². The number of carbonyl (C=O) groups excluding carboxylic acids is 1. The van der Waals surface area contributed by atoms with Gasteiger partial charge in [0.25, 0.3) is 0 Å². The predicted molar refractivity (Wildman–Crippen MR) is 80.2 cm³/mol. The van der Waals surface area contributed by atoms with Crippen LogP contribution < -0.4 is 5.43 Å². The van der Waals surface area contributed by atoms with Gasteiger partial charge in [0.1, 0.15) is 11.4 Å². The van der Waals surface area contributed by atoms with Gasteiger partial charge in [-0.15, -0.1) is 0 Å². The lowest BCUT2D eigenvalue weighted by Crippen LogP contribution is -2.21. The van der Waals surface area contributed by atoms with Crippen LogP contribution in [-0.4, -0.2) is 21.4 Å². The number of fused-ring (bicyclic) bond motifs is 1. The number of aryl methyl sites for hydroxylation is 2. The zero-order chi connectivity index (χ0) is 16.6. The molecule has 2 rings (SSSR count). The Balaban J connectivity index is 3.12. The number of nitrogens with zero attached hydrogens (tertiary/aromatic N) is 1. The molecule has 1 N–H and O–H groups in total. The molecule has 0 fully saturated rings. The van der Waals surface area contributed by atoms with Gasteiger partial charge in [0, 0.05) is 18.1 Å². The number of aromatic carboxylic acids is 1. The molecule has 1 aromatic carbocycles. The molecule has 22 heavy (non-hydrogen) atoms.